The average Bonchev–Trinajstić information content (AvgIpc) is 2.16. The second-order valence-electron chi connectivity index (χ2n) is 2.57. The fourth-order valence-electron chi connectivity index (χ4n) is 1.00. The Balaban J connectivity index is 3.48. The number of oxime groups is 1. The van der Waals surface area contributed by atoms with Crippen molar-refractivity contribution in [3.63, 3.8) is 0 Å². The number of carboxylic acids is 1. The predicted octanol–water partition coefficient (Wildman–Crippen LogP) is 0.758. The van der Waals surface area contributed by atoms with E-state index in [4.69, 9.17) is 16.0 Å². The molecule has 1 aromatic carbocycles. The lowest BCUT2D eigenvalue weighted by molar-refractivity contribution is 0.0686. The number of hydrogen-bond acceptors (Lipinski definition) is 3. The smallest absolute Gasteiger partial charge is 0.341 e. The monoisotopic (exact) mass is 216 g/mol. The minimum Gasteiger partial charge on any atom is -0.477 e. The predicted molar refractivity (Wildman–Crippen MR) is 45.8 cm³/mol. The van der Waals surface area contributed by atoms with Gasteiger partial charge in [0, 0.05) is 0 Å². The molecule has 0 unspecified atom stereocenters. The summed E-state index contributed by atoms with van der Waals surface area (Å²) in [5.41, 5.74) is 3.44. The topological polar surface area (TPSA) is 95.9 Å². The number of nitrogens with zero attached hydrogens (tertiary/aromatic N) is 1. The first-order chi connectivity index (χ1) is 6.99. The molecule has 1 aromatic rings. The molecule has 80 valence electrons. The van der Waals surface area contributed by atoms with Gasteiger partial charge in [-0.15, -0.1) is 0 Å². The van der Waals surface area contributed by atoms with Gasteiger partial charge in [0.2, 0.25) is 0 Å². The summed E-state index contributed by atoms with van der Waals surface area (Å²) < 4.78 is 26.2. The first-order valence-electron chi connectivity index (χ1n) is 3.68. The van der Waals surface area contributed by atoms with Crippen molar-refractivity contribution in [1.29, 1.82) is 0 Å². The van der Waals surface area contributed by atoms with Crippen molar-refractivity contribution in [2.45, 2.75) is 0 Å². The van der Waals surface area contributed by atoms with Crippen LogP contribution in [0.4, 0.5) is 8.78 Å². The highest BCUT2D eigenvalue weighted by atomic mass is 19.1. The van der Waals surface area contributed by atoms with Crippen LogP contribution in [0.1, 0.15) is 15.9 Å². The normalized spacial score (nSPS) is 11.5. The van der Waals surface area contributed by atoms with Crippen LogP contribution in [0.25, 0.3) is 0 Å². The van der Waals surface area contributed by atoms with Gasteiger partial charge in [-0.2, -0.15) is 0 Å². The van der Waals surface area contributed by atoms with Gasteiger partial charge in [0.1, 0.15) is 11.4 Å². The second kappa shape index (κ2) is 3.91. The van der Waals surface area contributed by atoms with Gasteiger partial charge in [0.15, 0.2) is 11.7 Å². The van der Waals surface area contributed by atoms with E-state index in [-0.39, 0.29) is 0 Å². The molecule has 15 heavy (non-hydrogen) atoms. The van der Waals surface area contributed by atoms with Crippen molar-refractivity contribution < 1.29 is 23.9 Å². The van der Waals surface area contributed by atoms with E-state index >= 15 is 0 Å². The van der Waals surface area contributed by atoms with E-state index < -0.39 is 34.6 Å². The number of amidine groups is 1. The van der Waals surface area contributed by atoms with Crippen LogP contribution in [0.3, 0.4) is 0 Å². The van der Waals surface area contributed by atoms with Crippen molar-refractivity contribution in [2.75, 3.05) is 0 Å². The van der Waals surface area contributed by atoms with Gasteiger partial charge in [0.05, 0.1) is 5.56 Å². The zero-order valence-electron chi connectivity index (χ0n) is 7.24. The molecule has 4 N–H and O–H groups in total. The molecule has 1 rings (SSSR count). The van der Waals surface area contributed by atoms with Gasteiger partial charge < -0.3 is 16.0 Å². The summed E-state index contributed by atoms with van der Waals surface area (Å²) >= 11 is 0. The highest BCUT2D eigenvalue weighted by Crippen LogP contribution is 2.16. The molecule has 0 saturated heterocycles. The molecule has 0 aromatic heterocycles. The molecule has 0 radical (unpaired) electrons. The Bertz CT molecular complexity index is 446. The fraction of sp³-hybridized carbons (Fsp3) is 0. The first kappa shape index (κ1) is 10.9. The van der Waals surface area contributed by atoms with Crippen LogP contribution in [-0.2, 0) is 0 Å². The number of carboxylic acid groups (broad SMARTS) is 1. The quantitative estimate of drug-likeness (QED) is 0.294. The molecule has 0 atom stereocenters. The lowest BCUT2D eigenvalue weighted by Gasteiger charge is -2.04. The minimum absolute atomic E-state index is 0.476. The van der Waals surface area contributed by atoms with Crippen LogP contribution in [-0.4, -0.2) is 22.1 Å². The van der Waals surface area contributed by atoms with Crippen molar-refractivity contribution in [1.82, 2.24) is 0 Å². The Kier molecular flexibility index (Phi) is 2.84. The van der Waals surface area contributed by atoms with Crippen LogP contribution in [0.5, 0.6) is 0 Å². The molecule has 0 bridgehead atoms. The Labute approximate surface area is 82.4 Å². The highest BCUT2D eigenvalue weighted by Gasteiger charge is 2.21. The van der Waals surface area contributed by atoms with Gasteiger partial charge in [0.25, 0.3) is 0 Å². The van der Waals surface area contributed by atoms with E-state index in [0.29, 0.717) is 0 Å². The maximum atomic E-state index is 13.3. The van der Waals surface area contributed by atoms with Gasteiger partial charge in [-0.05, 0) is 12.1 Å². The van der Waals surface area contributed by atoms with Crippen molar-refractivity contribution in [2.24, 2.45) is 10.9 Å². The summed E-state index contributed by atoms with van der Waals surface area (Å²) in [6.07, 6.45) is 0. The number of rotatable bonds is 2. The van der Waals surface area contributed by atoms with E-state index in [1.165, 1.54) is 0 Å². The number of hydrogen-bond donors (Lipinski definition) is 3. The summed E-state index contributed by atoms with van der Waals surface area (Å²) in [7, 11) is 0. The standard InChI is InChI=1S/C8H6F2N2O3/c9-4-2-1-3(7(11)12-15)6(10)5(4)8(13)14/h1-2,15H,(H2,11,12)(H,13,14). The van der Waals surface area contributed by atoms with Gasteiger partial charge in [-0.1, -0.05) is 5.16 Å². The van der Waals surface area contributed by atoms with Crippen LogP contribution in [0.2, 0.25) is 0 Å². The van der Waals surface area contributed by atoms with E-state index in [9.17, 15) is 13.6 Å². The lowest BCUT2D eigenvalue weighted by atomic mass is 10.1. The van der Waals surface area contributed by atoms with Crippen LogP contribution in [0.15, 0.2) is 17.3 Å². The molecule has 0 fully saturated rings. The number of nitrogens with two attached hydrogens (primary N) is 1. The van der Waals surface area contributed by atoms with Gasteiger partial charge in [-0.25, -0.2) is 13.6 Å². The van der Waals surface area contributed by atoms with Crippen molar-refractivity contribution >= 4 is 11.8 Å². The SMILES string of the molecule is N/C(=N\O)c1ccc(F)c(C(=O)O)c1F. The highest BCUT2D eigenvalue weighted by molar-refractivity contribution is 6.00. The zero-order chi connectivity index (χ0) is 11.6. The maximum Gasteiger partial charge on any atom is 0.341 e. The van der Waals surface area contributed by atoms with E-state index in [2.05, 4.69) is 5.16 Å². The first-order valence-corrected chi connectivity index (χ1v) is 3.68. The van der Waals surface area contributed by atoms with Gasteiger partial charge >= 0.3 is 5.97 Å². The lowest BCUT2D eigenvalue weighted by Crippen LogP contribution is -2.18. The van der Waals surface area contributed by atoms with Crippen molar-refractivity contribution in [3.8, 4) is 0 Å². The molecule has 5 nitrogen and oxygen atoms in total. The summed E-state index contributed by atoms with van der Waals surface area (Å²) in [5.74, 6) is -5.00. The summed E-state index contributed by atoms with van der Waals surface area (Å²) in [6, 6.07) is 1.60. The van der Waals surface area contributed by atoms with Crippen LogP contribution < -0.4 is 5.73 Å². The minimum atomic E-state index is -1.77. The molecule has 7 heteroatoms. The maximum absolute atomic E-state index is 13.3. The summed E-state index contributed by atoms with van der Waals surface area (Å²) in [4.78, 5) is 10.5. The Hall–Kier alpha value is -2.18. The molecule has 0 aliphatic carbocycles. The number of aromatic carboxylic acids is 1. The second-order valence-corrected chi connectivity index (χ2v) is 2.57. The van der Waals surface area contributed by atoms with Crippen LogP contribution in [0, 0.1) is 11.6 Å². The van der Waals surface area contributed by atoms with E-state index in [1.54, 1.807) is 0 Å². The molecule has 0 spiro atoms. The average molecular weight is 216 g/mol. The fourth-order valence-corrected chi connectivity index (χ4v) is 1.00. The Morgan fingerprint density at radius 3 is 2.47 bits per heavy atom. The van der Waals surface area contributed by atoms with E-state index in [1.807, 2.05) is 0 Å². The third-order valence-corrected chi connectivity index (χ3v) is 1.69. The number of carbonyl (C=O) groups is 1. The number of halogens is 2. The van der Waals surface area contributed by atoms with E-state index in [0.717, 1.165) is 12.1 Å². The Morgan fingerprint density at radius 2 is 2.00 bits per heavy atom. The largest absolute Gasteiger partial charge is 0.477 e. The molecule has 0 heterocycles. The molecule has 0 aliphatic rings. The number of benzene rings is 1. The summed E-state index contributed by atoms with van der Waals surface area (Å²) in [6.45, 7) is 0. The third-order valence-electron chi connectivity index (χ3n) is 1.69. The van der Waals surface area contributed by atoms with Crippen molar-refractivity contribution in [3.05, 3.63) is 34.9 Å². The molecule has 0 amide bonds. The van der Waals surface area contributed by atoms with Crippen LogP contribution >= 0.6 is 0 Å². The van der Waals surface area contributed by atoms with Gasteiger partial charge in [-0.3, -0.25) is 0 Å². The Morgan fingerprint density at radius 1 is 1.40 bits per heavy atom. The third kappa shape index (κ3) is 1.85. The molecule has 0 saturated carbocycles. The molecule has 0 aliphatic heterocycles. The molecular weight excluding hydrogens is 210 g/mol. The summed E-state index contributed by atoms with van der Waals surface area (Å²) in [5, 5.41) is 19.3. The molecular formula is C8H6F2N2O3. The zero-order valence-corrected chi connectivity index (χ0v) is 7.24.